The van der Waals surface area contributed by atoms with Crippen molar-refractivity contribution in [1.82, 2.24) is 5.32 Å². The van der Waals surface area contributed by atoms with Crippen LogP contribution in [0, 0.1) is 23.2 Å². The van der Waals surface area contributed by atoms with Crippen LogP contribution in [-0.2, 0) is 4.79 Å². The molecule has 1 amide bonds. The van der Waals surface area contributed by atoms with Gasteiger partial charge in [0.25, 0.3) is 0 Å². The van der Waals surface area contributed by atoms with Gasteiger partial charge in [-0.1, -0.05) is 19.8 Å². The Morgan fingerprint density at radius 2 is 2.44 bits per heavy atom. The van der Waals surface area contributed by atoms with Gasteiger partial charge in [0, 0.05) is 6.54 Å². The summed E-state index contributed by atoms with van der Waals surface area (Å²) in [5.41, 5.74) is 5.41. The van der Waals surface area contributed by atoms with E-state index in [0.29, 0.717) is 12.5 Å². The first-order valence-electron chi connectivity index (χ1n) is 5.95. The summed E-state index contributed by atoms with van der Waals surface area (Å²) in [7, 11) is 0. The summed E-state index contributed by atoms with van der Waals surface area (Å²) in [6, 6.07) is 2.09. The monoisotopic (exact) mass is 223 g/mol. The number of nitriles is 1. The number of nitrogens with one attached hydrogen (secondary N) is 1. The van der Waals surface area contributed by atoms with Gasteiger partial charge in [-0.25, -0.2) is 0 Å². The largest absolute Gasteiger partial charge is 0.353 e. The molecule has 0 aliphatic heterocycles. The molecule has 0 radical (unpaired) electrons. The minimum Gasteiger partial charge on any atom is -0.353 e. The van der Waals surface area contributed by atoms with Gasteiger partial charge in [-0.15, -0.1) is 0 Å². The lowest BCUT2D eigenvalue weighted by Crippen LogP contribution is -2.56. The average molecular weight is 223 g/mol. The lowest BCUT2D eigenvalue weighted by molar-refractivity contribution is -0.128. The van der Waals surface area contributed by atoms with Crippen LogP contribution in [-0.4, -0.2) is 18.0 Å². The van der Waals surface area contributed by atoms with Crippen LogP contribution in [0.4, 0.5) is 0 Å². The van der Waals surface area contributed by atoms with E-state index in [1.54, 1.807) is 6.92 Å². The minimum atomic E-state index is -0.715. The Labute approximate surface area is 97.2 Å². The normalized spacial score (nSPS) is 31.5. The van der Waals surface area contributed by atoms with Gasteiger partial charge in [0.05, 0.1) is 17.5 Å². The molecule has 3 N–H and O–H groups in total. The van der Waals surface area contributed by atoms with Crippen LogP contribution in [0.15, 0.2) is 0 Å². The summed E-state index contributed by atoms with van der Waals surface area (Å²) in [5.74, 6) is 0.257. The van der Waals surface area contributed by atoms with Crippen molar-refractivity contribution < 1.29 is 4.79 Å². The number of hydrogen-bond acceptors (Lipinski definition) is 3. The highest BCUT2D eigenvalue weighted by Gasteiger charge is 2.37. The summed E-state index contributed by atoms with van der Waals surface area (Å²) in [5, 5.41) is 11.4. The third kappa shape index (κ3) is 3.21. The van der Waals surface area contributed by atoms with Crippen molar-refractivity contribution in [3.8, 4) is 6.07 Å². The zero-order valence-electron chi connectivity index (χ0n) is 10.1. The average Bonchev–Trinajstić information content (AvgIpc) is 2.24. The molecule has 0 aromatic rings. The van der Waals surface area contributed by atoms with Crippen LogP contribution in [0.2, 0.25) is 0 Å². The molecule has 90 valence electrons. The highest BCUT2D eigenvalue weighted by Crippen LogP contribution is 2.30. The molecule has 1 saturated carbocycles. The second-order valence-electron chi connectivity index (χ2n) is 5.10. The predicted molar refractivity (Wildman–Crippen MR) is 62.3 cm³/mol. The molecule has 3 atom stereocenters. The molecule has 0 heterocycles. The highest BCUT2D eigenvalue weighted by atomic mass is 16.2. The first-order valence-corrected chi connectivity index (χ1v) is 5.95. The first kappa shape index (κ1) is 13.0. The van der Waals surface area contributed by atoms with Crippen molar-refractivity contribution in [3.05, 3.63) is 0 Å². The van der Waals surface area contributed by atoms with Gasteiger partial charge in [0.15, 0.2) is 0 Å². The van der Waals surface area contributed by atoms with E-state index >= 15 is 0 Å². The van der Waals surface area contributed by atoms with Gasteiger partial charge < -0.3 is 11.1 Å². The Kier molecular flexibility index (Phi) is 4.31. The van der Waals surface area contributed by atoms with Crippen molar-refractivity contribution in [3.63, 3.8) is 0 Å². The maximum atomic E-state index is 11.9. The van der Waals surface area contributed by atoms with Gasteiger partial charge in [-0.2, -0.15) is 5.26 Å². The molecule has 0 aromatic heterocycles. The van der Waals surface area contributed by atoms with E-state index in [9.17, 15) is 4.79 Å². The maximum Gasteiger partial charge on any atom is 0.240 e. The van der Waals surface area contributed by atoms with Gasteiger partial charge in [-0.3, -0.25) is 4.79 Å². The quantitative estimate of drug-likeness (QED) is 0.753. The molecule has 3 unspecified atom stereocenters. The number of nitrogens with zero attached hydrogens (tertiary/aromatic N) is 1. The molecule has 1 aliphatic carbocycles. The minimum absolute atomic E-state index is 0.0962. The van der Waals surface area contributed by atoms with Gasteiger partial charge in [0.1, 0.15) is 0 Å². The number of carbonyl (C=O) groups is 1. The van der Waals surface area contributed by atoms with E-state index in [0.717, 1.165) is 25.7 Å². The van der Waals surface area contributed by atoms with Crippen LogP contribution >= 0.6 is 0 Å². The van der Waals surface area contributed by atoms with E-state index in [-0.39, 0.29) is 11.8 Å². The lowest BCUT2D eigenvalue weighted by Gasteiger charge is -2.35. The van der Waals surface area contributed by atoms with Gasteiger partial charge in [0.2, 0.25) is 5.91 Å². The molecular weight excluding hydrogens is 202 g/mol. The molecule has 4 nitrogen and oxygen atoms in total. The molecule has 0 bridgehead atoms. The highest BCUT2D eigenvalue weighted by molar-refractivity contribution is 5.86. The van der Waals surface area contributed by atoms with E-state index in [2.05, 4.69) is 18.3 Å². The Balaban J connectivity index is 2.49. The summed E-state index contributed by atoms with van der Waals surface area (Å²) < 4.78 is 0. The molecule has 0 spiro atoms. The van der Waals surface area contributed by atoms with E-state index in [4.69, 9.17) is 11.0 Å². The fourth-order valence-corrected chi connectivity index (χ4v) is 2.27. The maximum absolute atomic E-state index is 11.9. The molecule has 4 heteroatoms. The Bertz CT molecular complexity index is 297. The van der Waals surface area contributed by atoms with Crippen molar-refractivity contribution in [2.75, 3.05) is 6.54 Å². The first-order chi connectivity index (χ1) is 7.48. The number of carbonyl (C=O) groups excluding carboxylic acids is 1. The second kappa shape index (κ2) is 5.31. The fraction of sp³-hybridized carbons (Fsp3) is 0.833. The molecule has 1 fully saturated rings. The topological polar surface area (TPSA) is 78.9 Å². The zero-order valence-corrected chi connectivity index (χ0v) is 10.1. The molecule has 16 heavy (non-hydrogen) atoms. The second-order valence-corrected chi connectivity index (χ2v) is 5.10. The summed E-state index contributed by atoms with van der Waals surface area (Å²) >= 11 is 0. The molecular formula is C12H21N3O. The smallest absolute Gasteiger partial charge is 0.240 e. The zero-order chi connectivity index (χ0) is 12.2. The Hall–Kier alpha value is -1.08. The van der Waals surface area contributed by atoms with Crippen molar-refractivity contribution in [1.29, 1.82) is 5.26 Å². The number of amides is 1. The Morgan fingerprint density at radius 1 is 1.75 bits per heavy atom. The van der Waals surface area contributed by atoms with Crippen LogP contribution in [0.1, 0.15) is 39.5 Å². The predicted octanol–water partition coefficient (Wildman–Crippen LogP) is 1.17. The standard InChI is InChI=1S/C12H21N3O/c1-9-4-3-5-12(14,6-9)11(16)15-8-10(2)7-13/h9-10H,3-6,8,14H2,1-2H3,(H,15,16). The summed E-state index contributed by atoms with van der Waals surface area (Å²) in [6.45, 7) is 4.31. The lowest BCUT2D eigenvalue weighted by atomic mass is 9.76. The van der Waals surface area contributed by atoms with E-state index in [1.807, 2.05) is 0 Å². The number of nitrogens with two attached hydrogens (primary N) is 1. The third-order valence-corrected chi connectivity index (χ3v) is 3.27. The van der Waals surface area contributed by atoms with Gasteiger partial charge >= 0.3 is 0 Å². The summed E-state index contributed by atoms with van der Waals surface area (Å²) in [6.07, 6.45) is 3.67. The van der Waals surface area contributed by atoms with Crippen LogP contribution in [0.3, 0.4) is 0 Å². The van der Waals surface area contributed by atoms with E-state index in [1.165, 1.54) is 0 Å². The number of rotatable bonds is 3. The van der Waals surface area contributed by atoms with Crippen molar-refractivity contribution >= 4 is 5.91 Å². The van der Waals surface area contributed by atoms with E-state index < -0.39 is 5.54 Å². The van der Waals surface area contributed by atoms with Crippen LogP contribution < -0.4 is 11.1 Å². The molecule has 1 aliphatic rings. The van der Waals surface area contributed by atoms with Gasteiger partial charge in [-0.05, 0) is 25.7 Å². The molecule has 0 saturated heterocycles. The van der Waals surface area contributed by atoms with Crippen molar-refractivity contribution in [2.24, 2.45) is 17.6 Å². The molecule has 0 aromatic carbocycles. The fourth-order valence-electron chi connectivity index (χ4n) is 2.27. The molecule has 1 rings (SSSR count). The third-order valence-electron chi connectivity index (χ3n) is 3.27. The van der Waals surface area contributed by atoms with Crippen LogP contribution in [0.5, 0.6) is 0 Å². The number of hydrogen-bond donors (Lipinski definition) is 2. The SMILES string of the molecule is CC(C#N)CNC(=O)C1(N)CCCC(C)C1. The van der Waals surface area contributed by atoms with Crippen molar-refractivity contribution in [2.45, 2.75) is 45.1 Å². The Morgan fingerprint density at radius 3 is 3.00 bits per heavy atom. The van der Waals surface area contributed by atoms with Crippen LogP contribution in [0.25, 0.3) is 0 Å². The summed E-state index contributed by atoms with van der Waals surface area (Å²) in [4.78, 5) is 11.9.